The molecule has 2 heterocycles. The zero-order valence-electron chi connectivity index (χ0n) is 22.1. The summed E-state index contributed by atoms with van der Waals surface area (Å²) in [5.41, 5.74) is 7.21. The van der Waals surface area contributed by atoms with E-state index in [1.807, 2.05) is 6.92 Å². The van der Waals surface area contributed by atoms with Gasteiger partial charge in [-0.1, -0.05) is 23.8 Å². The largest absolute Gasteiger partial charge is 0.515 e. The number of H-pyrrole nitrogens is 1. The number of carbonyl (C=O) groups excluding carboxylic acids is 1. The van der Waals surface area contributed by atoms with Crippen molar-refractivity contribution in [1.29, 1.82) is 0 Å². The number of methoxy groups -OCH3 is 1. The predicted octanol–water partition coefficient (Wildman–Crippen LogP) is 4.36. The molecule has 1 atom stereocenters. The molecule has 2 aromatic heterocycles. The third kappa shape index (κ3) is 8.38. The number of anilines is 1. The Labute approximate surface area is 242 Å². The molecule has 41 heavy (non-hydrogen) atoms. The lowest BCUT2D eigenvalue weighted by Gasteiger charge is -2.19. The standard InChI is InChI=1S/C25H27BrN5O9P/c1-16-3-6-18(7-4-16)40-25(33)37-14-39-41(34,38-12-17-5-8-20(35-2)19(26)11-17)15-36-10-9-31-13-28-21-22(31)29-24(27)30-23(21)32/h3-8,11,13H,9-10,12,14-15H2,1-2H3,(H3,27,29,30,32). The molecule has 0 fully saturated rings. The van der Waals surface area contributed by atoms with Gasteiger partial charge in [-0.15, -0.1) is 0 Å². The van der Waals surface area contributed by atoms with Crippen LogP contribution in [0.3, 0.4) is 0 Å². The maximum atomic E-state index is 13.5. The van der Waals surface area contributed by atoms with Crippen LogP contribution in [0.5, 0.6) is 11.5 Å². The molecule has 2 aromatic carbocycles. The molecule has 3 N–H and O–H groups in total. The number of carbonyl (C=O) groups is 1. The number of aromatic amines is 1. The van der Waals surface area contributed by atoms with Crippen molar-refractivity contribution in [2.24, 2.45) is 0 Å². The highest BCUT2D eigenvalue weighted by molar-refractivity contribution is 9.10. The molecule has 4 aromatic rings. The van der Waals surface area contributed by atoms with E-state index in [0.29, 0.717) is 15.8 Å². The molecule has 0 saturated heterocycles. The van der Waals surface area contributed by atoms with Crippen LogP contribution in [-0.2, 0) is 36.2 Å². The van der Waals surface area contributed by atoms with Crippen molar-refractivity contribution in [2.45, 2.75) is 20.1 Å². The number of nitrogen functional groups attached to an aromatic ring is 1. The molecular weight excluding hydrogens is 625 g/mol. The van der Waals surface area contributed by atoms with Gasteiger partial charge in [-0.05, 0) is 52.7 Å². The maximum Gasteiger partial charge on any atom is 0.515 e. The minimum absolute atomic E-state index is 0.0287. The highest BCUT2D eigenvalue weighted by Gasteiger charge is 2.27. The van der Waals surface area contributed by atoms with Crippen LogP contribution in [-0.4, -0.2) is 52.5 Å². The Morgan fingerprint density at radius 2 is 1.95 bits per heavy atom. The van der Waals surface area contributed by atoms with Gasteiger partial charge in [-0.2, -0.15) is 4.98 Å². The first-order valence-electron chi connectivity index (χ1n) is 12.1. The number of nitrogens with zero attached hydrogens (tertiary/aromatic N) is 3. The number of ether oxygens (including phenoxy) is 4. The molecule has 0 saturated carbocycles. The first kappa shape index (κ1) is 30.2. The summed E-state index contributed by atoms with van der Waals surface area (Å²) in [6.45, 7) is 1.31. The molecule has 0 amide bonds. The number of halogens is 1. The average molecular weight is 652 g/mol. The minimum atomic E-state index is -3.95. The van der Waals surface area contributed by atoms with E-state index in [9.17, 15) is 14.2 Å². The van der Waals surface area contributed by atoms with Gasteiger partial charge in [0.25, 0.3) is 5.56 Å². The fourth-order valence-corrected chi connectivity index (χ4v) is 5.17. The van der Waals surface area contributed by atoms with Gasteiger partial charge in [0.1, 0.15) is 17.8 Å². The third-order valence-corrected chi connectivity index (χ3v) is 7.65. The molecule has 1 unspecified atom stereocenters. The van der Waals surface area contributed by atoms with Crippen molar-refractivity contribution in [3.63, 3.8) is 0 Å². The Morgan fingerprint density at radius 3 is 2.68 bits per heavy atom. The van der Waals surface area contributed by atoms with Gasteiger partial charge in [0.2, 0.25) is 12.7 Å². The molecule has 0 aliphatic heterocycles. The molecule has 0 radical (unpaired) electrons. The van der Waals surface area contributed by atoms with Crippen LogP contribution >= 0.6 is 23.5 Å². The molecule has 0 bridgehead atoms. The van der Waals surface area contributed by atoms with Crippen LogP contribution in [0.4, 0.5) is 10.7 Å². The minimum Gasteiger partial charge on any atom is -0.496 e. The Hall–Kier alpha value is -3.75. The molecule has 0 aliphatic rings. The van der Waals surface area contributed by atoms with Crippen LogP contribution in [0.1, 0.15) is 11.1 Å². The summed E-state index contributed by atoms with van der Waals surface area (Å²) in [6, 6.07) is 11.9. The Morgan fingerprint density at radius 1 is 1.17 bits per heavy atom. The van der Waals surface area contributed by atoms with Crippen LogP contribution < -0.4 is 20.8 Å². The normalized spacial score (nSPS) is 12.7. The van der Waals surface area contributed by atoms with Gasteiger partial charge in [-0.3, -0.25) is 18.9 Å². The predicted molar refractivity (Wildman–Crippen MR) is 151 cm³/mol. The number of aromatic nitrogens is 4. The lowest BCUT2D eigenvalue weighted by molar-refractivity contribution is 0.0154. The fourth-order valence-electron chi connectivity index (χ4n) is 3.44. The number of aryl methyl sites for hydroxylation is 1. The Bertz CT molecular complexity index is 1610. The summed E-state index contributed by atoms with van der Waals surface area (Å²) in [4.78, 5) is 34.5. The van der Waals surface area contributed by atoms with E-state index in [1.54, 1.807) is 47.0 Å². The second kappa shape index (κ2) is 13.7. The van der Waals surface area contributed by atoms with Gasteiger partial charge < -0.3 is 33.8 Å². The van der Waals surface area contributed by atoms with E-state index >= 15 is 0 Å². The van der Waals surface area contributed by atoms with Crippen LogP contribution in [0, 0.1) is 6.92 Å². The number of imidazole rings is 1. The highest BCUT2D eigenvalue weighted by Crippen LogP contribution is 2.49. The second-order valence-electron chi connectivity index (χ2n) is 8.51. The molecule has 4 rings (SSSR count). The zero-order valence-corrected chi connectivity index (χ0v) is 24.6. The molecule has 0 spiro atoms. The van der Waals surface area contributed by atoms with Crippen molar-refractivity contribution in [3.05, 3.63) is 74.7 Å². The highest BCUT2D eigenvalue weighted by atomic mass is 79.9. The van der Waals surface area contributed by atoms with E-state index in [0.717, 1.165) is 5.56 Å². The second-order valence-corrected chi connectivity index (χ2v) is 11.4. The topological polar surface area (TPSA) is 179 Å². The summed E-state index contributed by atoms with van der Waals surface area (Å²) < 4.78 is 47.5. The molecule has 218 valence electrons. The molecule has 16 heteroatoms. The lowest BCUT2D eigenvalue weighted by Crippen LogP contribution is -2.15. The zero-order chi connectivity index (χ0) is 29.4. The van der Waals surface area contributed by atoms with E-state index in [-0.39, 0.29) is 42.6 Å². The van der Waals surface area contributed by atoms with E-state index in [1.165, 1.54) is 13.4 Å². The maximum absolute atomic E-state index is 13.5. The summed E-state index contributed by atoms with van der Waals surface area (Å²) in [6.07, 6.45) is -0.102. The summed E-state index contributed by atoms with van der Waals surface area (Å²) in [7, 11) is -2.41. The van der Waals surface area contributed by atoms with Gasteiger partial charge in [0.15, 0.2) is 11.2 Å². The monoisotopic (exact) mass is 651 g/mol. The number of nitrogens with one attached hydrogen (secondary N) is 1. The number of nitrogens with two attached hydrogens (primary N) is 1. The number of hydrogen-bond donors (Lipinski definition) is 2. The van der Waals surface area contributed by atoms with Gasteiger partial charge >= 0.3 is 13.8 Å². The van der Waals surface area contributed by atoms with Gasteiger partial charge in [0, 0.05) is 6.54 Å². The first-order valence-corrected chi connectivity index (χ1v) is 14.6. The van der Waals surface area contributed by atoms with E-state index in [4.69, 9.17) is 33.7 Å². The summed E-state index contributed by atoms with van der Waals surface area (Å²) in [5, 5.41) is 0. The Balaban J connectivity index is 1.36. The quantitative estimate of drug-likeness (QED) is 0.0687. The summed E-state index contributed by atoms with van der Waals surface area (Å²) >= 11 is 3.39. The lowest BCUT2D eigenvalue weighted by atomic mass is 10.2. The molecule has 0 aliphatic carbocycles. The number of rotatable bonds is 13. The van der Waals surface area contributed by atoms with Gasteiger partial charge in [0.05, 0.1) is 31.1 Å². The number of benzene rings is 2. The van der Waals surface area contributed by atoms with Crippen LogP contribution in [0.15, 0.2) is 58.1 Å². The van der Waals surface area contributed by atoms with Crippen LogP contribution in [0.2, 0.25) is 0 Å². The summed E-state index contributed by atoms with van der Waals surface area (Å²) in [5.74, 6) is 0.837. The van der Waals surface area contributed by atoms with E-state index < -0.39 is 32.5 Å². The average Bonchev–Trinajstić information content (AvgIpc) is 3.34. The number of hydrogen-bond acceptors (Lipinski definition) is 12. The fraction of sp³-hybridized carbons (Fsp3) is 0.280. The van der Waals surface area contributed by atoms with Crippen molar-refractivity contribution in [1.82, 2.24) is 19.5 Å². The third-order valence-electron chi connectivity index (χ3n) is 5.51. The SMILES string of the molecule is COc1ccc(COP(=O)(COCCn2cnc3c(=O)[nH]c(N)nc32)OCOC(=O)Oc2ccc(C)cc2)cc1Br. The van der Waals surface area contributed by atoms with Crippen LogP contribution in [0.25, 0.3) is 11.2 Å². The van der Waals surface area contributed by atoms with Crippen molar-refractivity contribution in [2.75, 3.05) is 32.6 Å². The van der Waals surface area contributed by atoms with Crippen molar-refractivity contribution < 1.29 is 37.4 Å². The first-order chi connectivity index (χ1) is 19.7. The smallest absolute Gasteiger partial charge is 0.496 e. The Kier molecular flexibility index (Phi) is 10.1. The molecule has 14 nitrogen and oxygen atoms in total. The molecular formula is C25H27BrN5O9P. The van der Waals surface area contributed by atoms with Gasteiger partial charge in [-0.25, -0.2) is 9.78 Å². The van der Waals surface area contributed by atoms with Crippen molar-refractivity contribution in [3.8, 4) is 11.5 Å². The van der Waals surface area contributed by atoms with Crippen molar-refractivity contribution >= 4 is 46.8 Å². The van der Waals surface area contributed by atoms with E-state index in [2.05, 4.69) is 30.9 Å². The number of fused-ring (bicyclic) bond motifs is 1.